The van der Waals surface area contributed by atoms with Gasteiger partial charge in [0.25, 0.3) is 0 Å². The van der Waals surface area contributed by atoms with E-state index in [9.17, 15) is 4.79 Å². The van der Waals surface area contributed by atoms with E-state index in [1.807, 2.05) is 6.92 Å². The number of carbonyl (C=O) groups is 1. The van der Waals surface area contributed by atoms with Crippen LogP contribution in [0.4, 0.5) is 0 Å². The average Bonchev–Trinajstić information content (AvgIpc) is 2.31. The van der Waals surface area contributed by atoms with Crippen molar-refractivity contribution in [2.75, 3.05) is 26.4 Å². The second kappa shape index (κ2) is 17.8. The highest BCUT2D eigenvalue weighted by atomic mass is 16.5. The Balaban J connectivity index is 0. The van der Waals surface area contributed by atoms with Crippen molar-refractivity contribution < 1.29 is 19.4 Å². The molecule has 0 fully saturated rings. The van der Waals surface area contributed by atoms with E-state index < -0.39 is 0 Å². The smallest absolute Gasteiger partial charge is 0.302 e. The van der Waals surface area contributed by atoms with Gasteiger partial charge in [-0.05, 0) is 26.2 Å². The first-order valence-corrected chi connectivity index (χ1v) is 6.50. The van der Waals surface area contributed by atoms with Gasteiger partial charge in [0.2, 0.25) is 0 Å². The zero-order valence-electron chi connectivity index (χ0n) is 11.5. The summed E-state index contributed by atoms with van der Waals surface area (Å²) in [4.78, 5) is 10.2. The van der Waals surface area contributed by atoms with Crippen LogP contribution in [0.15, 0.2) is 0 Å². The SMILES string of the molecule is CCCCCOC(C)=O.CCOCCCCO. The number of hydrogen-bond acceptors (Lipinski definition) is 4. The molecule has 0 saturated heterocycles. The van der Waals surface area contributed by atoms with Gasteiger partial charge in [0.15, 0.2) is 0 Å². The largest absolute Gasteiger partial charge is 0.466 e. The maximum atomic E-state index is 10.2. The van der Waals surface area contributed by atoms with Gasteiger partial charge in [0, 0.05) is 26.7 Å². The van der Waals surface area contributed by atoms with Crippen molar-refractivity contribution in [3.8, 4) is 0 Å². The molecule has 0 rings (SSSR count). The first-order valence-electron chi connectivity index (χ1n) is 6.50. The Hall–Kier alpha value is -0.610. The molecule has 0 aromatic rings. The van der Waals surface area contributed by atoms with Crippen LogP contribution < -0.4 is 0 Å². The Morgan fingerprint density at radius 2 is 1.71 bits per heavy atom. The number of unbranched alkanes of at least 4 members (excludes halogenated alkanes) is 3. The van der Waals surface area contributed by atoms with Gasteiger partial charge in [0.05, 0.1) is 6.61 Å². The third-order valence-corrected chi connectivity index (χ3v) is 1.95. The molecule has 0 aromatic carbocycles. The van der Waals surface area contributed by atoms with Crippen LogP contribution in [0.2, 0.25) is 0 Å². The van der Waals surface area contributed by atoms with Gasteiger partial charge < -0.3 is 14.6 Å². The molecule has 0 saturated carbocycles. The number of aliphatic hydroxyl groups excluding tert-OH is 1. The summed E-state index contributed by atoms with van der Waals surface area (Å²) in [6, 6.07) is 0. The Morgan fingerprint density at radius 3 is 2.18 bits per heavy atom. The molecule has 104 valence electrons. The highest BCUT2D eigenvalue weighted by molar-refractivity contribution is 5.65. The normalized spacial score (nSPS) is 9.41. The summed E-state index contributed by atoms with van der Waals surface area (Å²) in [5.41, 5.74) is 0. The molecule has 0 aliphatic heterocycles. The first-order chi connectivity index (χ1) is 8.18. The minimum Gasteiger partial charge on any atom is -0.466 e. The summed E-state index contributed by atoms with van der Waals surface area (Å²) in [5.74, 6) is -0.175. The molecule has 0 aliphatic rings. The predicted octanol–water partition coefficient (Wildman–Crippen LogP) is 2.54. The Kier molecular flexibility index (Phi) is 19.6. The second-order valence-corrected chi connectivity index (χ2v) is 3.67. The number of ether oxygens (including phenoxy) is 2. The summed E-state index contributed by atoms with van der Waals surface area (Å²) in [6.07, 6.45) is 5.15. The van der Waals surface area contributed by atoms with E-state index in [1.54, 1.807) is 0 Å². The van der Waals surface area contributed by atoms with Crippen molar-refractivity contribution in [1.29, 1.82) is 0 Å². The maximum Gasteiger partial charge on any atom is 0.302 e. The van der Waals surface area contributed by atoms with Crippen molar-refractivity contribution in [3.05, 3.63) is 0 Å². The van der Waals surface area contributed by atoms with Crippen LogP contribution >= 0.6 is 0 Å². The fourth-order valence-corrected chi connectivity index (χ4v) is 1.03. The topological polar surface area (TPSA) is 55.8 Å². The summed E-state index contributed by atoms with van der Waals surface area (Å²) < 4.78 is 9.73. The fraction of sp³-hybridized carbons (Fsp3) is 0.923. The highest BCUT2D eigenvalue weighted by Crippen LogP contribution is 1.93. The third-order valence-electron chi connectivity index (χ3n) is 1.95. The van der Waals surface area contributed by atoms with Crippen molar-refractivity contribution in [2.24, 2.45) is 0 Å². The summed E-state index contributed by atoms with van der Waals surface area (Å²) in [5, 5.41) is 8.31. The molecule has 0 spiro atoms. The number of aliphatic hydroxyl groups is 1. The summed E-state index contributed by atoms with van der Waals surface area (Å²) in [7, 11) is 0. The van der Waals surface area contributed by atoms with Crippen LogP contribution in [0, 0.1) is 0 Å². The van der Waals surface area contributed by atoms with Crippen molar-refractivity contribution in [3.63, 3.8) is 0 Å². The molecule has 4 heteroatoms. The van der Waals surface area contributed by atoms with Crippen LogP contribution in [0.5, 0.6) is 0 Å². The number of hydrogen-bond donors (Lipinski definition) is 1. The predicted molar refractivity (Wildman–Crippen MR) is 69.0 cm³/mol. The lowest BCUT2D eigenvalue weighted by atomic mass is 10.3. The summed E-state index contributed by atoms with van der Waals surface area (Å²) >= 11 is 0. The molecular formula is C13H28O4. The lowest BCUT2D eigenvalue weighted by Gasteiger charge is -1.98. The lowest BCUT2D eigenvalue weighted by molar-refractivity contribution is -0.141. The van der Waals surface area contributed by atoms with Crippen LogP contribution in [-0.4, -0.2) is 37.5 Å². The van der Waals surface area contributed by atoms with Gasteiger partial charge in [-0.25, -0.2) is 0 Å². The molecule has 4 nitrogen and oxygen atoms in total. The van der Waals surface area contributed by atoms with Gasteiger partial charge in [-0.15, -0.1) is 0 Å². The van der Waals surface area contributed by atoms with Crippen LogP contribution in [0.1, 0.15) is 52.9 Å². The molecule has 0 radical (unpaired) electrons. The van der Waals surface area contributed by atoms with E-state index in [0.717, 1.165) is 38.9 Å². The van der Waals surface area contributed by atoms with E-state index in [4.69, 9.17) is 14.6 Å². The average molecular weight is 248 g/mol. The Labute approximate surface area is 105 Å². The zero-order valence-corrected chi connectivity index (χ0v) is 11.5. The van der Waals surface area contributed by atoms with Gasteiger partial charge in [0.1, 0.15) is 0 Å². The minimum absolute atomic E-state index is 0.175. The van der Waals surface area contributed by atoms with Crippen molar-refractivity contribution >= 4 is 5.97 Å². The quantitative estimate of drug-likeness (QED) is 0.503. The first kappa shape index (κ1) is 18.7. The monoisotopic (exact) mass is 248 g/mol. The van der Waals surface area contributed by atoms with Gasteiger partial charge >= 0.3 is 5.97 Å². The fourth-order valence-electron chi connectivity index (χ4n) is 1.03. The molecule has 0 aromatic heterocycles. The standard InChI is InChI=1S/C7H14O2.C6H14O2/c1-3-4-5-6-9-7(2)8;1-2-8-6-4-3-5-7/h3-6H2,1-2H3;7H,2-6H2,1H3. The van der Waals surface area contributed by atoms with Gasteiger partial charge in [-0.3, -0.25) is 4.79 Å². The molecule has 0 aliphatic carbocycles. The molecule has 1 N–H and O–H groups in total. The molecular weight excluding hydrogens is 220 g/mol. The second-order valence-electron chi connectivity index (χ2n) is 3.67. The third kappa shape index (κ3) is 25.6. The van der Waals surface area contributed by atoms with E-state index in [1.165, 1.54) is 13.3 Å². The van der Waals surface area contributed by atoms with E-state index in [0.29, 0.717) is 6.61 Å². The van der Waals surface area contributed by atoms with Crippen LogP contribution in [0.25, 0.3) is 0 Å². The molecule has 0 bridgehead atoms. The van der Waals surface area contributed by atoms with Gasteiger partial charge in [-0.2, -0.15) is 0 Å². The number of carbonyl (C=O) groups excluding carboxylic acids is 1. The lowest BCUT2D eigenvalue weighted by Crippen LogP contribution is -1.99. The van der Waals surface area contributed by atoms with Crippen molar-refractivity contribution in [2.45, 2.75) is 52.9 Å². The Bertz CT molecular complexity index is 142. The van der Waals surface area contributed by atoms with Crippen LogP contribution in [0.3, 0.4) is 0 Å². The molecule has 0 unspecified atom stereocenters. The van der Waals surface area contributed by atoms with E-state index in [2.05, 4.69) is 6.92 Å². The molecule has 17 heavy (non-hydrogen) atoms. The van der Waals surface area contributed by atoms with E-state index >= 15 is 0 Å². The molecule has 0 amide bonds. The van der Waals surface area contributed by atoms with Gasteiger partial charge in [-0.1, -0.05) is 19.8 Å². The molecule has 0 atom stereocenters. The number of rotatable bonds is 9. The highest BCUT2D eigenvalue weighted by Gasteiger charge is 1.89. The maximum absolute atomic E-state index is 10.2. The van der Waals surface area contributed by atoms with Crippen molar-refractivity contribution in [1.82, 2.24) is 0 Å². The zero-order chi connectivity index (χ0) is 13.4. The summed E-state index contributed by atoms with van der Waals surface area (Å²) in [6.45, 7) is 7.97. The van der Waals surface area contributed by atoms with E-state index in [-0.39, 0.29) is 12.6 Å². The minimum atomic E-state index is -0.175. The number of esters is 1. The Morgan fingerprint density at radius 1 is 1.06 bits per heavy atom. The van der Waals surface area contributed by atoms with Crippen LogP contribution in [-0.2, 0) is 14.3 Å². The molecule has 0 heterocycles.